The van der Waals surface area contributed by atoms with Gasteiger partial charge in [0.1, 0.15) is 5.69 Å². The van der Waals surface area contributed by atoms with Crippen LogP contribution in [0.15, 0.2) is 59.1 Å². The molecule has 35 heavy (non-hydrogen) atoms. The second-order valence-electron chi connectivity index (χ2n) is 7.60. The number of nitrogens with zero attached hydrogens (tertiary/aromatic N) is 3. The zero-order valence-electron chi connectivity index (χ0n) is 19.3. The summed E-state index contributed by atoms with van der Waals surface area (Å²) in [5.74, 6) is -0.863. The van der Waals surface area contributed by atoms with Crippen LogP contribution in [-0.2, 0) is 4.74 Å². The molecule has 178 valence electrons. The minimum Gasteiger partial charge on any atom is -0.462 e. The molecule has 0 saturated heterocycles. The fraction of sp³-hybridized carbons (Fsp3) is 0.160. The van der Waals surface area contributed by atoms with Crippen molar-refractivity contribution in [2.75, 3.05) is 17.2 Å². The van der Waals surface area contributed by atoms with E-state index in [0.717, 1.165) is 11.4 Å². The molecule has 0 aliphatic heterocycles. The highest BCUT2D eigenvalue weighted by Crippen LogP contribution is 2.31. The molecule has 10 heteroatoms. The molecule has 1 amide bonds. The summed E-state index contributed by atoms with van der Waals surface area (Å²) in [6, 6.07) is 15.3. The third kappa shape index (κ3) is 5.64. The lowest BCUT2D eigenvalue weighted by molar-refractivity contribution is 0.0528. The number of rotatable bonds is 7. The Labute approximate surface area is 206 Å². The molecule has 4 rings (SSSR count). The predicted molar refractivity (Wildman–Crippen MR) is 132 cm³/mol. The number of esters is 1. The molecule has 0 unspecified atom stereocenters. The Balaban J connectivity index is 1.60. The van der Waals surface area contributed by atoms with Crippen LogP contribution in [-0.4, -0.2) is 33.6 Å². The maximum absolute atomic E-state index is 13.0. The van der Waals surface area contributed by atoms with E-state index in [1.807, 2.05) is 19.9 Å². The Hall–Kier alpha value is -4.24. The first-order chi connectivity index (χ1) is 16.8. The average Bonchev–Trinajstić information content (AvgIpc) is 3.22. The summed E-state index contributed by atoms with van der Waals surface area (Å²) in [6.07, 6.45) is 0. The second kappa shape index (κ2) is 10.4. The third-order valence-corrected chi connectivity index (χ3v) is 5.13. The lowest BCUT2D eigenvalue weighted by Crippen LogP contribution is -2.15. The predicted octanol–water partition coefficient (Wildman–Crippen LogP) is 5.57. The van der Waals surface area contributed by atoms with Gasteiger partial charge in [-0.05, 0) is 57.2 Å². The molecule has 0 bridgehead atoms. The highest BCUT2D eigenvalue weighted by molar-refractivity contribution is 6.30. The molecule has 0 aliphatic rings. The van der Waals surface area contributed by atoms with Gasteiger partial charge >= 0.3 is 5.97 Å². The number of carbonyl (C=O) groups excluding carboxylic acids is 2. The maximum atomic E-state index is 13.0. The smallest absolute Gasteiger partial charge is 0.346 e. The highest BCUT2D eigenvalue weighted by Gasteiger charge is 2.27. The molecule has 0 radical (unpaired) electrons. The van der Waals surface area contributed by atoms with Crippen LogP contribution in [0.3, 0.4) is 0 Å². The van der Waals surface area contributed by atoms with Gasteiger partial charge in [0.05, 0.1) is 6.61 Å². The lowest BCUT2D eigenvalue weighted by atomic mass is 10.1. The van der Waals surface area contributed by atoms with Crippen LogP contribution >= 0.6 is 11.6 Å². The number of carbonyl (C=O) groups is 2. The Morgan fingerprint density at radius 1 is 1.03 bits per heavy atom. The van der Waals surface area contributed by atoms with E-state index >= 15 is 0 Å². The van der Waals surface area contributed by atoms with Gasteiger partial charge < -0.3 is 14.6 Å². The number of nitrogens with one attached hydrogen (secondary N) is 2. The van der Waals surface area contributed by atoms with Gasteiger partial charge in [-0.1, -0.05) is 35.0 Å². The van der Waals surface area contributed by atoms with Crippen molar-refractivity contribution in [3.63, 3.8) is 0 Å². The molecule has 0 spiro atoms. The first-order valence-electron chi connectivity index (χ1n) is 10.8. The lowest BCUT2D eigenvalue weighted by Gasteiger charge is -2.09. The van der Waals surface area contributed by atoms with Gasteiger partial charge in [0.25, 0.3) is 5.91 Å². The van der Waals surface area contributed by atoms with Crippen LogP contribution in [0, 0.1) is 13.8 Å². The molecule has 2 N–H and O–H groups in total. The number of hydrogen-bond acceptors (Lipinski definition) is 8. The van der Waals surface area contributed by atoms with E-state index < -0.39 is 11.9 Å². The van der Waals surface area contributed by atoms with Gasteiger partial charge in [-0.25, -0.2) is 14.8 Å². The molecule has 2 aromatic heterocycles. The molecule has 0 fully saturated rings. The van der Waals surface area contributed by atoms with E-state index in [0.29, 0.717) is 27.8 Å². The van der Waals surface area contributed by atoms with Gasteiger partial charge in [0.15, 0.2) is 5.56 Å². The number of benzene rings is 2. The largest absolute Gasteiger partial charge is 0.462 e. The van der Waals surface area contributed by atoms with Crippen molar-refractivity contribution in [3.8, 4) is 11.3 Å². The molecule has 9 nitrogen and oxygen atoms in total. The van der Waals surface area contributed by atoms with Crippen LogP contribution in [0.4, 0.5) is 17.5 Å². The molecular formula is C25H22ClN5O4. The molecule has 2 aromatic carbocycles. The van der Waals surface area contributed by atoms with Crippen LogP contribution in [0.25, 0.3) is 11.3 Å². The van der Waals surface area contributed by atoms with Crippen molar-refractivity contribution in [3.05, 3.63) is 82.1 Å². The molecule has 2 heterocycles. The summed E-state index contributed by atoms with van der Waals surface area (Å²) in [5.41, 5.74) is 3.41. The SMILES string of the molecule is CCOC(=O)c1c(-c2ccc(Cl)cc2)noc1NC(=O)c1cccc(Nc2nc(C)cc(C)n2)c1. The number of ether oxygens (including phenoxy) is 1. The van der Waals surface area contributed by atoms with Gasteiger partial charge in [-0.15, -0.1) is 0 Å². The number of anilines is 3. The van der Waals surface area contributed by atoms with E-state index in [-0.39, 0.29) is 23.7 Å². The minimum absolute atomic E-state index is 0.0143. The van der Waals surface area contributed by atoms with Crippen molar-refractivity contribution in [1.82, 2.24) is 15.1 Å². The summed E-state index contributed by atoms with van der Waals surface area (Å²) in [6.45, 7) is 5.58. The van der Waals surface area contributed by atoms with E-state index in [9.17, 15) is 9.59 Å². The van der Waals surface area contributed by atoms with E-state index in [1.165, 1.54) is 0 Å². The Morgan fingerprint density at radius 2 is 1.74 bits per heavy atom. The van der Waals surface area contributed by atoms with Crippen LogP contribution in [0.2, 0.25) is 5.02 Å². The first kappa shape index (κ1) is 23.9. The quantitative estimate of drug-likeness (QED) is 0.322. The molecule has 0 saturated carbocycles. The minimum atomic E-state index is -0.670. The van der Waals surface area contributed by atoms with Crippen molar-refractivity contribution >= 4 is 41.0 Å². The number of amides is 1. The summed E-state index contributed by atoms with van der Waals surface area (Å²) in [4.78, 5) is 34.4. The second-order valence-corrected chi connectivity index (χ2v) is 8.03. The van der Waals surface area contributed by atoms with E-state index in [4.69, 9.17) is 20.9 Å². The number of aromatic nitrogens is 3. The Morgan fingerprint density at radius 3 is 2.43 bits per heavy atom. The molecule has 0 aliphatic carbocycles. The van der Waals surface area contributed by atoms with Gasteiger partial charge in [0.2, 0.25) is 11.8 Å². The number of halogens is 1. The maximum Gasteiger partial charge on any atom is 0.346 e. The summed E-state index contributed by atoms with van der Waals surface area (Å²) in [5, 5.41) is 10.2. The zero-order chi connectivity index (χ0) is 24.9. The average molecular weight is 492 g/mol. The standard InChI is InChI=1S/C25H22ClN5O4/c1-4-34-24(33)20-21(16-8-10-18(26)11-9-16)31-35-23(20)30-22(32)17-6-5-7-19(13-17)29-25-27-14(2)12-15(3)28-25/h5-13H,4H2,1-3H3,(H,30,32)(H,27,28,29). The fourth-order valence-electron chi connectivity index (χ4n) is 3.40. The molecule has 4 aromatic rings. The Kier molecular flexibility index (Phi) is 7.07. The van der Waals surface area contributed by atoms with Crippen molar-refractivity contribution in [1.29, 1.82) is 0 Å². The summed E-state index contributed by atoms with van der Waals surface area (Å²) < 4.78 is 10.5. The van der Waals surface area contributed by atoms with Gasteiger partial charge in [-0.3, -0.25) is 10.1 Å². The summed E-state index contributed by atoms with van der Waals surface area (Å²) >= 11 is 5.97. The van der Waals surface area contributed by atoms with Crippen molar-refractivity contribution in [2.24, 2.45) is 0 Å². The van der Waals surface area contributed by atoms with Crippen LogP contribution < -0.4 is 10.6 Å². The van der Waals surface area contributed by atoms with Crippen LogP contribution in [0.1, 0.15) is 39.0 Å². The first-order valence-corrected chi connectivity index (χ1v) is 11.1. The number of aryl methyl sites for hydroxylation is 2. The number of hydrogen-bond donors (Lipinski definition) is 2. The van der Waals surface area contributed by atoms with Gasteiger partial charge in [0, 0.05) is 33.2 Å². The van der Waals surface area contributed by atoms with E-state index in [2.05, 4.69) is 25.8 Å². The molecule has 0 atom stereocenters. The Bertz CT molecular complexity index is 1360. The van der Waals surface area contributed by atoms with Crippen LogP contribution in [0.5, 0.6) is 0 Å². The van der Waals surface area contributed by atoms with Crippen molar-refractivity contribution in [2.45, 2.75) is 20.8 Å². The van der Waals surface area contributed by atoms with E-state index in [1.54, 1.807) is 55.5 Å². The summed E-state index contributed by atoms with van der Waals surface area (Å²) in [7, 11) is 0. The topological polar surface area (TPSA) is 119 Å². The van der Waals surface area contributed by atoms with Crippen molar-refractivity contribution < 1.29 is 18.8 Å². The zero-order valence-corrected chi connectivity index (χ0v) is 20.0. The third-order valence-electron chi connectivity index (χ3n) is 4.88. The van der Waals surface area contributed by atoms with Gasteiger partial charge in [-0.2, -0.15) is 0 Å². The monoisotopic (exact) mass is 491 g/mol. The molecular weight excluding hydrogens is 470 g/mol. The highest BCUT2D eigenvalue weighted by atomic mass is 35.5. The fourth-order valence-corrected chi connectivity index (χ4v) is 3.52. The normalized spacial score (nSPS) is 10.6.